The second-order valence-corrected chi connectivity index (χ2v) is 9.17. The summed E-state index contributed by atoms with van der Waals surface area (Å²) in [5, 5.41) is 11.3. The van der Waals surface area contributed by atoms with E-state index in [4.69, 9.17) is 4.74 Å². The first-order valence-corrected chi connectivity index (χ1v) is 12.4. The molecule has 1 fully saturated rings. The molecular weight excluding hydrogens is 480 g/mol. The standard InChI is InChI=1S/C30H28N4O4/c1-21-5-2-3-6-24(21)19-38-25-9-7-23(8-10-25)28(35)26-27(22-11-13-31-14-12-22)34(30(37)29(26)36)17-4-16-33-18-15-32-20-33/h2-3,5-15,18,20,27,35H,4,16-17,19H2,1H3/b28-26+/t27-/m1/s1. The number of aliphatic hydroxyl groups is 1. The number of benzene rings is 2. The summed E-state index contributed by atoms with van der Waals surface area (Å²) >= 11 is 0. The smallest absolute Gasteiger partial charge is 0.295 e. The van der Waals surface area contributed by atoms with Crippen molar-refractivity contribution >= 4 is 17.4 Å². The van der Waals surface area contributed by atoms with Crippen LogP contribution in [0.15, 0.2) is 97.4 Å². The van der Waals surface area contributed by atoms with Crippen LogP contribution in [-0.4, -0.2) is 42.8 Å². The van der Waals surface area contributed by atoms with Crippen molar-refractivity contribution in [3.63, 3.8) is 0 Å². The van der Waals surface area contributed by atoms with E-state index in [-0.39, 0.29) is 11.3 Å². The highest BCUT2D eigenvalue weighted by Crippen LogP contribution is 2.39. The predicted molar refractivity (Wildman–Crippen MR) is 142 cm³/mol. The minimum atomic E-state index is -0.710. The van der Waals surface area contributed by atoms with Gasteiger partial charge in [0.2, 0.25) is 0 Å². The Labute approximate surface area is 220 Å². The van der Waals surface area contributed by atoms with Gasteiger partial charge in [-0.15, -0.1) is 0 Å². The second-order valence-electron chi connectivity index (χ2n) is 9.17. The Balaban J connectivity index is 1.40. The van der Waals surface area contributed by atoms with E-state index in [9.17, 15) is 14.7 Å². The Hall–Kier alpha value is -4.72. The molecule has 1 aliphatic heterocycles. The van der Waals surface area contributed by atoms with E-state index in [0.29, 0.717) is 43.0 Å². The van der Waals surface area contributed by atoms with Gasteiger partial charge in [-0.3, -0.25) is 14.6 Å². The lowest BCUT2D eigenvalue weighted by molar-refractivity contribution is -0.139. The maximum absolute atomic E-state index is 13.2. The highest BCUT2D eigenvalue weighted by Gasteiger charge is 2.45. The molecule has 2 aromatic heterocycles. The van der Waals surface area contributed by atoms with Crippen LogP contribution in [0.25, 0.3) is 5.76 Å². The topological polar surface area (TPSA) is 97.6 Å². The first-order valence-electron chi connectivity index (χ1n) is 12.4. The number of hydrogen-bond acceptors (Lipinski definition) is 6. The molecule has 0 saturated carbocycles. The summed E-state index contributed by atoms with van der Waals surface area (Å²) in [6.45, 7) is 3.45. The molecule has 0 unspecified atom stereocenters. The summed E-state index contributed by atoms with van der Waals surface area (Å²) in [6.07, 6.45) is 9.11. The fourth-order valence-corrected chi connectivity index (χ4v) is 4.64. The molecular formula is C30H28N4O4. The molecule has 8 heteroatoms. The summed E-state index contributed by atoms with van der Waals surface area (Å²) in [6, 6.07) is 17.7. The SMILES string of the molecule is Cc1ccccc1COc1ccc(/C(O)=C2\C(=O)C(=O)N(CCCn3ccnc3)[C@@H]2c2ccncc2)cc1. The van der Waals surface area contributed by atoms with Crippen LogP contribution in [0.1, 0.15) is 34.7 Å². The molecule has 0 aliphatic carbocycles. The van der Waals surface area contributed by atoms with Crippen molar-refractivity contribution in [3.8, 4) is 5.75 Å². The number of Topliss-reactive ketones (excluding diaryl/α,β-unsaturated/α-hetero) is 1. The van der Waals surface area contributed by atoms with E-state index in [1.807, 2.05) is 42.0 Å². The van der Waals surface area contributed by atoms with E-state index in [1.165, 1.54) is 4.90 Å². The Bertz CT molecular complexity index is 1450. The van der Waals surface area contributed by atoms with Crippen molar-refractivity contribution in [1.29, 1.82) is 0 Å². The zero-order chi connectivity index (χ0) is 26.5. The van der Waals surface area contributed by atoms with Gasteiger partial charge >= 0.3 is 0 Å². The quantitative estimate of drug-likeness (QED) is 0.200. The number of nitrogens with zero attached hydrogens (tertiary/aromatic N) is 4. The Morgan fingerprint density at radius 1 is 0.947 bits per heavy atom. The first kappa shape index (κ1) is 25.0. The normalized spacial score (nSPS) is 16.7. The fraction of sp³-hybridized carbons (Fsp3) is 0.200. The number of ether oxygens (including phenoxy) is 1. The van der Waals surface area contributed by atoms with Gasteiger partial charge in [0.25, 0.3) is 11.7 Å². The highest BCUT2D eigenvalue weighted by molar-refractivity contribution is 6.46. The molecule has 1 amide bonds. The van der Waals surface area contributed by atoms with Gasteiger partial charge in [-0.05, 0) is 66.4 Å². The summed E-state index contributed by atoms with van der Waals surface area (Å²) in [4.78, 5) is 35.9. The molecule has 3 heterocycles. The van der Waals surface area contributed by atoms with Gasteiger partial charge in [0, 0.05) is 43.4 Å². The van der Waals surface area contributed by atoms with Gasteiger partial charge in [-0.25, -0.2) is 4.98 Å². The number of carbonyl (C=O) groups is 2. The van der Waals surface area contributed by atoms with E-state index >= 15 is 0 Å². The Morgan fingerprint density at radius 3 is 2.42 bits per heavy atom. The number of aliphatic hydroxyl groups excluding tert-OH is 1. The number of hydrogen-bond donors (Lipinski definition) is 1. The van der Waals surface area contributed by atoms with Crippen molar-refractivity contribution in [2.45, 2.75) is 32.5 Å². The van der Waals surface area contributed by atoms with Crippen LogP contribution in [0.4, 0.5) is 0 Å². The molecule has 1 atom stereocenters. The van der Waals surface area contributed by atoms with Crippen molar-refractivity contribution in [2.75, 3.05) is 6.54 Å². The molecule has 0 spiro atoms. The number of amides is 1. The third kappa shape index (κ3) is 5.20. The molecule has 1 N–H and O–H groups in total. The minimum absolute atomic E-state index is 0.0670. The molecule has 4 aromatic rings. The molecule has 1 saturated heterocycles. The van der Waals surface area contributed by atoms with Gasteiger partial charge in [0.1, 0.15) is 18.1 Å². The van der Waals surface area contributed by atoms with Crippen LogP contribution in [0.5, 0.6) is 5.75 Å². The molecule has 1 aliphatic rings. The van der Waals surface area contributed by atoms with Crippen LogP contribution < -0.4 is 4.74 Å². The number of rotatable bonds is 9. The van der Waals surface area contributed by atoms with Gasteiger partial charge in [-0.2, -0.15) is 0 Å². The lowest BCUT2D eigenvalue weighted by Gasteiger charge is -2.25. The summed E-state index contributed by atoms with van der Waals surface area (Å²) in [5.41, 5.74) is 3.44. The Morgan fingerprint density at radius 2 is 1.71 bits per heavy atom. The molecule has 192 valence electrons. The lowest BCUT2D eigenvalue weighted by Crippen LogP contribution is -2.31. The van der Waals surface area contributed by atoms with E-state index in [1.54, 1.807) is 61.3 Å². The number of aromatic nitrogens is 3. The van der Waals surface area contributed by atoms with Crippen LogP contribution in [0.3, 0.4) is 0 Å². The zero-order valence-electron chi connectivity index (χ0n) is 21.0. The first-order chi connectivity index (χ1) is 18.5. The molecule has 5 rings (SSSR count). The third-order valence-electron chi connectivity index (χ3n) is 6.72. The second kappa shape index (κ2) is 11.1. The summed E-state index contributed by atoms with van der Waals surface area (Å²) in [5.74, 6) is -0.910. The van der Waals surface area contributed by atoms with Gasteiger partial charge < -0.3 is 19.3 Å². The van der Waals surface area contributed by atoms with Crippen molar-refractivity contribution < 1.29 is 19.4 Å². The van der Waals surface area contributed by atoms with E-state index in [2.05, 4.69) is 9.97 Å². The largest absolute Gasteiger partial charge is 0.507 e. The Kier molecular flexibility index (Phi) is 7.31. The van der Waals surface area contributed by atoms with Gasteiger partial charge in [-0.1, -0.05) is 24.3 Å². The van der Waals surface area contributed by atoms with Gasteiger partial charge in [0.05, 0.1) is 17.9 Å². The number of carbonyl (C=O) groups excluding carboxylic acids is 2. The van der Waals surface area contributed by atoms with Crippen LogP contribution in [0.2, 0.25) is 0 Å². The number of likely N-dealkylation sites (tertiary alicyclic amines) is 1. The fourth-order valence-electron chi connectivity index (χ4n) is 4.64. The highest BCUT2D eigenvalue weighted by atomic mass is 16.5. The molecule has 0 radical (unpaired) electrons. The maximum atomic E-state index is 13.2. The number of ketones is 1. The number of pyridine rings is 1. The predicted octanol–water partition coefficient (Wildman–Crippen LogP) is 4.68. The van der Waals surface area contributed by atoms with Crippen molar-refractivity contribution in [2.24, 2.45) is 0 Å². The zero-order valence-corrected chi connectivity index (χ0v) is 21.0. The molecule has 2 aromatic carbocycles. The van der Waals surface area contributed by atoms with Crippen LogP contribution in [-0.2, 0) is 22.7 Å². The minimum Gasteiger partial charge on any atom is -0.507 e. The van der Waals surface area contributed by atoms with Gasteiger partial charge in [0.15, 0.2) is 0 Å². The third-order valence-corrected chi connectivity index (χ3v) is 6.72. The van der Waals surface area contributed by atoms with E-state index in [0.717, 1.165) is 11.1 Å². The molecule has 0 bridgehead atoms. The van der Waals surface area contributed by atoms with Crippen LogP contribution in [0, 0.1) is 6.92 Å². The molecule has 8 nitrogen and oxygen atoms in total. The molecule has 38 heavy (non-hydrogen) atoms. The number of aryl methyl sites for hydroxylation is 2. The summed E-state index contributed by atoms with van der Waals surface area (Å²) < 4.78 is 7.83. The monoisotopic (exact) mass is 508 g/mol. The van der Waals surface area contributed by atoms with Crippen molar-refractivity contribution in [1.82, 2.24) is 19.4 Å². The average molecular weight is 509 g/mol. The lowest BCUT2D eigenvalue weighted by atomic mass is 9.96. The van der Waals surface area contributed by atoms with Crippen LogP contribution >= 0.6 is 0 Å². The average Bonchev–Trinajstić information content (AvgIpc) is 3.55. The maximum Gasteiger partial charge on any atom is 0.295 e. The number of imidazole rings is 1. The van der Waals surface area contributed by atoms with E-state index < -0.39 is 17.7 Å². The van der Waals surface area contributed by atoms with Crippen molar-refractivity contribution in [3.05, 3.63) is 120 Å². The summed E-state index contributed by atoms with van der Waals surface area (Å²) in [7, 11) is 0.